The molecule has 0 radical (unpaired) electrons. The average Bonchev–Trinajstić information content (AvgIpc) is 3.18. The van der Waals surface area contributed by atoms with E-state index < -0.39 is 0 Å². The summed E-state index contributed by atoms with van der Waals surface area (Å²) in [5, 5.41) is 3.56. The quantitative estimate of drug-likeness (QED) is 0.383. The summed E-state index contributed by atoms with van der Waals surface area (Å²) in [6.07, 6.45) is 6.79. The largest absolute Gasteiger partial charge is 0.378 e. The second kappa shape index (κ2) is 10.9. The number of amides is 1. The molecule has 1 saturated carbocycles. The minimum atomic E-state index is -0.184. The van der Waals surface area contributed by atoms with Crippen LogP contribution in [0.1, 0.15) is 47.4 Å². The van der Waals surface area contributed by atoms with Crippen LogP contribution in [0.15, 0.2) is 59.7 Å². The number of aryl methyl sites for hydroxylation is 1. The fourth-order valence-corrected chi connectivity index (χ4v) is 5.31. The second-order valence-electron chi connectivity index (χ2n) is 9.65. The van der Waals surface area contributed by atoms with Crippen molar-refractivity contribution in [2.75, 3.05) is 7.11 Å². The van der Waals surface area contributed by atoms with E-state index in [0.717, 1.165) is 48.1 Å². The van der Waals surface area contributed by atoms with Crippen molar-refractivity contribution in [2.45, 2.75) is 51.8 Å². The van der Waals surface area contributed by atoms with Gasteiger partial charge in [-0.05, 0) is 68.9 Å². The topological polar surface area (TPSA) is 91.0 Å². The first-order chi connectivity index (χ1) is 17.9. The number of fused-ring (bicyclic) bond motifs is 1. The molecule has 1 aromatic carbocycles. The lowest BCUT2D eigenvalue weighted by atomic mass is 9.85. The van der Waals surface area contributed by atoms with Gasteiger partial charge in [-0.3, -0.25) is 23.9 Å². The van der Waals surface area contributed by atoms with Gasteiger partial charge in [-0.2, -0.15) is 0 Å². The van der Waals surface area contributed by atoms with Gasteiger partial charge < -0.3 is 10.1 Å². The van der Waals surface area contributed by atoms with Crippen molar-refractivity contribution in [3.05, 3.63) is 87.3 Å². The van der Waals surface area contributed by atoms with E-state index in [1.165, 1.54) is 6.20 Å². The third-order valence-corrected chi connectivity index (χ3v) is 7.28. The molecule has 1 fully saturated rings. The molecule has 0 saturated heterocycles. The number of nitrogens with zero attached hydrogens (tertiary/aromatic N) is 4. The SMILES string of the molecule is COCc1ncc(Cl)cc1C(=O)N[C@H]1CC[C@H](Cn2c(=O)n(-c3ccc(C)nc3)c3ccccc32)CC1. The number of rotatable bonds is 7. The predicted molar refractivity (Wildman–Crippen MR) is 143 cm³/mol. The Morgan fingerprint density at radius 1 is 1.08 bits per heavy atom. The molecule has 3 heterocycles. The molecule has 0 spiro atoms. The summed E-state index contributed by atoms with van der Waals surface area (Å²) in [4.78, 5) is 35.1. The molecular formula is C28H30ClN5O3. The lowest BCUT2D eigenvalue weighted by molar-refractivity contribution is 0.0914. The van der Waals surface area contributed by atoms with Crippen molar-refractivity contribution in [3.8, 4) is 5.69 Å². The highest BCUT2D eigenvalue weighted by molar-refractivity contribution is 6.30. The Labute approximate surface area is 220 Å². The second-order valence-corrected chi connectivity index (χ2v) is 10.1. The monoisotopic (exact) mass is 519 g/mol. The summed E-state index contributed by atoms with van der Waals surface area (Å²) in [5.41, 5.74) is 4.43. The summed E-state index contributed by atoms with van der Waals surface area (Å²) in [5.74, 6) is 0.162. The molecule has 192 valence electrons. The van der Waals surface area contributed by atoms with Crippen LogP contribution in [-0.2, 0) is 17.9 Å². The number of hydrogen-bond acceptors (Lipinski definition) is 5. The summed E-state index contributed by atoms with van der Waals surface area (Å²) < 4.78 is 8.80. The normalized spacial score (nSPS) is 17.7. The van der Waals surface area contributed by atoms with Gasteiger partial charge in [0.15, 0.2) is 0 Å². The van der Waals surface area contributed by atoms with E-state index in [1.807, 2.05) is 47.9 Å². The van der Waals surface area contributed by atoms with Gasteiger partial charge in [0, 0.05) is 31.6 Å². The van der Waals surface area contributed by atoms with E-state index in [4.69, 9.17) is 16.3 Å². The first-order valence-electron chi connectivity index (χ1n) is 12.5. The summed E-state index contributed by atoms with van der Waals surface area (Å²) in [6, 6.07) is 13.4. The molecule has 9 heteroatoms. The van der Waals surface area contributed by atoms with Crippen LogP contribution in [0.2, 0.25) is 5.02 Å². The molecule has 4 aromatic rings. The Hall–Kier alpha value is -3.49. The number of hydrogen-bond donors (Lipinski definition) is 1. The number of aromatic nitrogens is 4. The van der Waals surface area contributed by atoms with Gasteiger partial charge in [-0.1, -0.05) is 23.7 Å². The Morgan fingerprint density at radius 3 is 2.54 bits per heavy atom. The van der Waals surface area contributed by atoms with Crippen molar-refractivity contribution >= 4 is 28.5 Å². The minimum Gasteiger partial charge on any atom is -0.378 e. The van der Waals surface area contributed by atoms with Crippen LogP contribution >= 0.6 is 11.6 Å². The van der Waals surface area contributed by atoms with Crippen molar-refractivity contribution < 1.29 is 9.53 Å². The van der Waals surface area contributed by atoms with Gasteiger partial charge in [-0.25, -0.2) is 4.79 Å². The lowest BCUT2D eigenvalue weighted by Crippen LogP contribution is -2.39. The summed E-state index contributed by atoms with van der Waals surface area (Å²) >= 11 is 6.09. The average molecular weight is 520 g/mol. The highest BCUT2D eigenvalue weighted by Gasteiger charge is 2.26. The predicted octanol–water partition coefficient (Wildman–Crippen LogP) is 4.68. The number of carbonyl (C=O) groups is 1. The zero-order valence-corrected chi connectivity index (χ0v) is 21.7. The van der Waals surface area contributed by atoms with Crippen LogP contribution in [-0.4, -0.2) is 38.2 Å². The third kappa shape index (κ3) is 5.31. The van der Waals surface area contributed by atoms with E-state index >= 15 is 0 Å². The standard InChI is InChI=1S/C28H30ClN5O3/c1-18-7-12-22(15-30-18)34-26-6-4-3-5-25(26)33(28(34)36)16-19-8-10-21(11-9-19)32-27(35)23-13-20(29)14-31-24(23)17-37-2/h3-7,12-15,19,21H,8-11,16-17H2,1-2H3,(H,32,35)/t19-,21-. The number of pyridine rings is 2. The Bertz CT molecular complexity index is 1470. The Balaban J connectivity index is 1.29. The fraction of sp³-hybridized carbons (Fsp3) is 0.357. The molecule has 0 atom stereocenters. The zero-order chi connectivity index (χ0) is 25.9. The van der Waals surface area contributed by atoms with Crippen LogP contribution in [0.3, 0.4) is 0 Å². The smallest absolute Gasteiger partial charge is 0.333 e. The molecule has 0 aliphatic heterocycles. The number of para-hydroxylation sites is 2. The molecule has 1 aliphatic rings. The molecule has 0 unspecified atom stereocenters. The first kappa shape index (κ1) is 25.2. The van der Waals surface area contributed by atoms with Crippen LogP contribution < -0.4 is 11.0 Å². The number of carbonyl (C=O) groups excluding carboxylic acids is 1. The maximum Gasteiger partial charge on any atom is 0.333 e. The van der Waals surface area contributed by atoms with Gasteiger partial charge in [0.05, 0.1) is 45.8 Å². The molecule has 1 N–H and O–H groups in total. The van der Waals surface area contributed by atoms with Crippen LogP contribution in [0.4, 0.5) is 0 Å². The van der Waals surface area contributed by atoms with Crippen molar-refractivity contribution in [1.82, 2.24) is 24.4 Å². The number of methoxy groups -OCH3 is 1. The molecule has 8 nitrogen and oxygen atoms in total. The van der Waals surface area contributed by atoms with E-state index in [-0.39, 0.29) is 24.2 Å². The Morgan fingerprint density at radius 2 is 1.84 bits per heavy atom. The molecule has 3 aromatic heterocycles. The van der Waals surface area contributed by atoms with Gasteiger partial charge in [-0.15, -0.1) is 0 Å². The van der Waals surface area contributed by atoms with Crippen LogP contribution in [0.5, 0.6) is 0 Å². The van der Waals surface area contributed by atoms with E-state index in [9.17, 15) is 9.59 Å². The third-order valence-electron chi connectivity index (χ3n) is 7.07. The fourth-order valence-electron chi connectivity index (χ4n) is 5.15. The number of halogens is 1. The van der Waals surface area contributed by atoms with E-state index in [0.29, 0.717) is 28.7 Å². The summed E-state index contributed by atoms with van der Waals surface area (Å²) in [6.45, 7) is 2.81. The van der Waals surface area contributed by atoms with Crippen molar-refractivity contribution in [3.63, 3.8) is 0 Å². The number of nitrogens with one attached hydrogen (secondary N) is 1. The molecular weight excluding hydrogens is 490 g/mol. The number of benzene rings is 1. The van der Waals surface area contributed by atoms with Gasteiger partial charge in [0.1, 0.15) is 0 Å². The molecule has 1 amide bonds. The van der Waals surface area contributed by atoms with E-state index in [1.54, 1.807) is 23.9 Å². The lowest BCUT2D eigenvalue weighted by Gasteiger charge is -2.29. The zero-order valence-electron chi connectivity index (χ0n) is 21.0. The maximum absolute atomic E-state index is 13.5. The van der Waals surface area contributed by atoms with Crippen LogP contribution in [0, 0.1) is 12.8 Å². The molecule has 5 rings (SSSR count). The summed E-state index contributed by atoms with van der Waals surface area (Å²) in [7, 11) is 1.57. The van der Waals surface area contributed by atoms with Gasteiger partial charge in [0.25, 0.3) is 5.91 Å². The van der Waals surface area contributed by atoms with Crippen LogP contribution in [0.25, 0.3) is 16.7 Å². The minimum absolute atomic E-state index is 0.0543. The molecule has 0 bridgehead atoms. The highest BCUT2D eigenvalue weighted by Crippen LogP contribution is 2.28. The molecule has 37 heavy (non-hydrogen) atoms. The first-order valence-corrected chi connectivity index (χ1v) is 12.9. The number of ether oxygens (including phenoxy) is 1. The Kier molecular flexibility index (Phi) is 7.39. The highest BCUT2D eigenvalue weighted by atomic mass is 35.5. The van der Waals surface area contributed by atoms with Crippen molar-refractivity contribution in [2.24, 2.45) is 5.92 Å². The van der Waals surface area contributed by atoms with Gasteiger partial charge in [0.2, 0.25) is 0 Å². The number of imidazole rings is 1. The van der Waals surface area contributed by atoms with Crippen molar-refractivity contribution in [1.29, 1.82) is 0 Å². The molecule has 1 aliphatic carbocycles. The maximum atomic E-state index is 13.5. The van der Waals surface area contributed by atoms with E-state index in [2.05, 4.69) is 15.3 Å². The van der Waals surface area contributed by atoms with Gasteiger partial charge >= 0.3 is 5.69 Å².